The topological polar surface area (TPSA) is 58.6 Å². The van der Waals surface area contributed by atoms with Crippen LogP contribution in [-0.2, 0) is 14.3 Å². The molecule has 2 amide bonds. The van der Waals surface area contributed by atoms with E-state index < -0.39 is 0 Å². The van der Waals surface area contributed by atoms with Gasteiger partial charge in [0.1, 0.15) is 6.04 Å². The number of rotatable bonds is 5. The van der Waals surface area contributed by atoms with Gasteiger partial charge < -0.3 is 15.0 Å². The van der Waals surface area contributed by atoms with E-state index in [0.29, 0.717) is 19.6 Å². The molecule has 1 N–H and O–H groups in total. The summed E-state index contributed by atoms with van der Waals surface area (Å²) in [5, 5.41) is 2.60. The van der Waals surface area contributed by atoms with Crippen LogP contribution in [0.15, 0.2) is 0 Å². The number of carbonyl (C=O) groups excluding carboxylic acids is 2. The Hall–Kier alpha value is -1.10. The molecule has 2 atom stereocenters. The van der Waals surface area contributed by atoms with Crippen molar-refractivity contribution in [2.24, 2.45) is 0 Å². The molecule has 0 spiro atoms. The fourth-order valence-corrected chi connectivity index (χ4v) is 1.95. The molecule has 0 saturated carbocycles. The molecule has 0 bridgehead atoms. The number of hydrogen-bond acceptors (Lipinski definition) is 3. The Bertz CT molecular complexity index is 268. The van der Waals surface area contributed by atoms with Crippen LogP contribution >= 0.6 is 0 Å². The van der Waals surface area contributed by atoms with E-state index in [-0.39, 0.29) is 30.5 Å². The van der Waals surface area contributed by atoms with Crippen molar-refractivity contribution in [3.63, 3.8) is 0 Å². The highest BCUT2D eigenvalue weighted by Crippen LogP contribution is 2.11. The van der Waals surface area contributed by atoms with Gasteiger partial charge in [0.25, 0.3) is 0 Å². The Morgan fingerprint density at radius 2 is 2.19 bits per heavy atom. The largest absolute Gasteiger partial charge is 0.377 e. The lowest BCUT2D eigenvalue weighted by molar-refractivity contribution is -0.147. The summed E-state index contributed by atoms with van der Waals surface area (Å²) in [5.41, 5.74) is 0. The van der Waals surface area contributed by atoms with Gasteiger partial charge in [-0.05, 0) is 20.3 Å². The maximum absolute atomic E-state index is 11.7. The first-order chi connectivity index (χ1) is 7.60. The van der Waals surface area contributed by atoms with E-state index >= 15 is 0 Å². The van der Waals surface area contributed by atoms with Gasteiger partial charge in [-0.1, -0.05) is 6.92 Å². The highest BCUT2D eigenvalue weighted by molar-refractivity contribution is 5.94. The van der Waals surface area contributed by atoms with Gasteiger partial charge in [0.15, 0.2) is 0 Å². The van der Waals surface area contributed by atoms with Gasteiger partial charge >= 0.3 is 0 Å². The van der Waals surface area contributed by atoms with Crippen molar-refractivity contribution in [2.75, 3.05) is 19.7 Å². The van der Waals surface area contributed by atoms with Crippen molar-refractivity contribution in [1.82, 2.24) is 10.2 Å². The Kier molecular flexibility index (Phi) is 4.73. The van der Waals surface area contributed by atoms with Gasteiger partial charge in [0.05, 0.1) is 12.6 Å². The van der Waals surface area contributed by atoms with Crippen LogP contribution in [-0.4, -0.2) is 48.6 Å². The third-order valence-electron chi connectivity index (χ3n) is 2.70. The zero-order valence-corrected chi connectivity index (χ0v) is 10.2. The van der Waals surface area contributed by atoms with Gasteiger partial charge in [-0.25, -0.2) is 0 Å². The second-order valence-electron chi connectivity index (χ2n) is 3.95. The molecular weight excluding hydrogens is 208 g/mol. The van der Waals surface area contributed by atoms with E-state index in [1.165, 1.54) is 0 Å². The summed E-state index contributed by atoms with van der Waals surface area (Å²) in [4.78, 5) is 24.9. The molecule has 5 heteroatoms. The van der Waals surface area contributed by atoms with Gasteiger partial charge in [-0.3, -0.25) is 9.59 Å². The lowest BCUT2D eigenvalue weighted by Gasteiger charge is -2.35. The predicted octanol–water partition coefficient (Wildman–Crippen LogP) is 0.148. The number of ether oxygens (including phenoxy) is 1. The van der Waals surface area contributed by atoms with Crippen LogP contribution in [0.1, 0.15) is 27.2 Å². The molecule has 0 aromatic carbocycles. The molecule has 1 fully saturated rings. The standard InChI is InChI=1S/C11H20N2O3/c1-4-9-11(15)12-6-10(14)13(9)7-8(3)16-5-2/h8-9H,4-7H2,1-3H3,(H,12,15). The highest BCUT2D eigenvalue weighted by atomic mass is 16.5. The van der Waals surface area contributed by atoms with Crippen LogP contribution in [0.4, 0.5) is 0 Å². The van der Waals surface area contributed by atoms with Crippen molar-refractivity contribution in [3.8, 4) is 0 Å². The monoisotopic (exact) mass is 228 g/mol. The van der Waals surface area contributed by atoms with Crippen LogP contribution in [0.5, 0.6) is 0 Å². The van der Waals surface area contributed by atoms with Crippen molar-refractivity contribution in [1.29, 1.82) is 0 Å². The molecule has 1 saturated heterocycles. The third-order valence-corrected chi connectivity index (χ3v) is 2.70. The molecule has 5 nitrogen and oxygen atoms in total. The molecule has 1 heterocycles. The number of nitrogens with one attached hydrogen (secondary N) is 1. The molecule has 0 radical (unpaired) electrons. The third kappa shape index (κ3) is 2.95. The molecule has 0 aromatic rings. The van der Waals surface area contributed by atoms with Crippen molar-refractivity contribution < 1.29 is 14.3 Å². The Balaban J connectivity index is 2.64. The summed E-state index contributed by atoms with van der Waals surface area (Å²) in [7, 11) is 0. The molecule has 92 valence electrons. The first kappa shape index (κ1) is 13.0. The van der Waals surface area contributed by atoms with Crippen molar-refractivity contribution in [2.45, 2.75) is 39.3 Å². The molecule has 1 aliphatic rings. The number of piperazine rings is 1. The van der Waals surface area contributed by atoms with E-state index in [9.17, 15) is 9.59 Å². The van der Waals surface area contributed by atoms with Crippen molar-refractivity contribution in [3.05, 3.63) is 0 Å². The zero-order chi connectivity index (χ0) is 12.1. The predicted molar refractivity (Wildman–Crippen MR) is 59.9 cm³/mol. The van der Waals surface area contributed by atoms with Gasteiger partial charge in [0.2, 0.25) is 11.8 Å². The average Bonchev–Trinajstić information content (AvgIpc) is 2.24. The van der Waals surface area contributed by atoms with Crippen molar-refractivity contribution >= 4 is 11.8 Å². The summed E-state index contributed by atoms with van der Waals surface area (Å²) in [6.45, 7) is 6.94. The summed E-state index contributed by atoms with van der Waals surface area (Å²) in [5.74, 6) is -0.0937. The zero-order valence-electron chi connectivity index (χ0n) is 10.2. The van der Waals surface area contributed by atoms with Crippen LogP contribution < -0.4 is 5.32 Å². The lowest BCUT2D eigenvalue weighted by atomic mass is 10.1. The molecule has 16 heavy (non-hydrogen) atoms. The number of carbonyl (C=O) groups is 2. The fourth-order valence-electron chi connectivity index (χ4n) is 1.95. The van der Waals surface area contributed by atoms with Gasteiger partial charge in [0, 0.05) is 13.2 Å². The summed E-state index contributed by atoms with van der Waals surface area (Å²) >= 11 is 0. The maximum atomic E-state index is 11.7. The first-order valence-electron chi connectivity index (χ1n) is 5.78. The summed E-state index contributed by atoms with van der Waals surface area (Å²) in [6.07, 6.45) is 0.602. The van der Waals surface area contributed by atoms with E-state index in [4.69, 9.17) is 4.74 Å². The normalized spacial score (nSPS) is 23.2. The van der Waals surface area contributed by atoms with Crippen LogP contribution in [0.3, 0.4) is 0 Å². The Labute approximate surface area is 96.1 Å². The molecule has 1 aliphatic heterocycles. The summed E-state index contributed by atoms with van der Waals surface area (Å²) in [6, 6.07) is -0.343. The average molecular weight is 228 g/mol. The first-order valence-corrected chi connectivity index (χ1v) is 5.78. The minimum absolute atomic E-state index is 0.0296. The van der Waals surface area contributed by atoms with E-state index in [0.717, 1.165) is 0 Å². The number of hydrogen-bond donors (Lipinski definition) is 1. The molecule has 0 aliphatic carbocycles. The maximum Gasteiger partial charge on any atom is 0.243 e. The fraction of sp³-hybridized carbons (Fsp3) is 0.818. The SMILES string of the molecule is CCOC(C)CN1C(=O)CNC(=O)C1CC. The minimum atomic E-state index is -0.343. The molecule has 0 aromatic heterocycles. The smallest absolute Gasteiger partial charge is 0.243 e. The minimum Gasteiger partial charge on any atom is -0.377 e. The van der Waals surface area contributed by atoms with E-state index in [2.05, 4.69) is 5.32 Å². The van der Waals surface area contributed by atoms with E-state index in [1.54, 1.807) is 4.90 Å². The van der Waals surface area contributed by atoms with Crippen LogP contribution in [0, 0.1) is 0 Å². The Morgan fingerprint density at radius 3 is 2.75 bits per heavy atom. The van der Waals surface area contributed by atoms with Gasteiger partial charge in [-0.2, -0.15) is 0 Å². The molecular formula is C11H20N2O3. The van der Waals surface area contributed by atoms with E-state index in [1.807, 2.05) is 20.8 Å². The molecule has 1 rings (SSSR count). The Morgan fingerprint density at radius 1 is 1.50 bits per heavy atom. The quantitative estimate of drug-likeness (QED) is 0.728. The number of nitrogens with zero attached hydrogens (tertiary/aromatic N) is 1. The van der Waals surface area contributed by atoms with Crippen LogP contribution in [0.2, 0.25) is 0 Å². The second-order valence-corrected chi connectivity index (χ2v) is 3.95. The highest BCUT2D eigenvalue weighted by Gasteiger charge is 2.33. The summed E-state index contributed by atoms with van der Waals surface area (Å²) < 4.78 is 5.40. The van der Waals surface area contributed by atoms with Crippen LogP contribution in [0.25, 0.3) is 0 Å². The lowest BCUT2D eigenvalue weighted by Crippen LogP contribution is -2.59. The number of amides is 2. The van der Waals surface area contributed by atoms with Gasteiger partial charge in [-0.15, -0.1) is 0 Å². The molecule has 2 unspecified atom stereocenters. The second kappa shape index (κ2) is 5.84.